The lowest BCUT2D eigenvalue weighted by molar-refractivity contribution is 0.164. The monoisotopic (exact) mass is 502 g/mol. The zero-order valence-corrected chi connectivity index (χ0v) is 20.9. The van der Waals surface area contributed by atoms with Crippen molar-refractivity contribution in [3.05, 3.63) is 62.8 Å². The van der Waals surface area contributed by atoms with Crippen LogP contribution in [-0.4, -0.2) is 56.7 Å². The van der Waals surface area contributed by atoms with E-state index in [-0.39, 0.29) is 28.4 Å². The van der Waals surface area contributed by atoms with Crippen LogP contribution < -0.4 is 25.4 Å². The highest BCUT2D eigenvalue weighted by Crippen LogP contribution is 2.33. The van der Waals surface area contributed by atoms with Gasteiger partial charge in [-0.05, 0) is 61.8 Å². The van der Waals surface area contributed by atoms with Crippen LogP contribution >= 0.6 is 0 Å². The minimum Gasteiger partial charge on any atom is -0.493 e. The van der Waals surface area contributed by atoms with Crippen LogP contribution in [0.2, 0.25) is 0 Å². The van der Waals surface area contributed by atoms with Crippen molar-refractivity contribution >= 4 is 20.9 Å². The van der Waals surface area contributed by atoms with E-state index < -0.39 is 21.3 Å². The third kappa shape index (κ3) is 5.12. The van der Waals surface area contributed by atoms with E-state index in [0.29, 0.717) is 11.5 Å². The van der Waals surface area contributed by atoms with E-state index in [1.807, 2.05) is 18.2 Å². The largest absolute Gasteiger partial charge is 0.493 e. The highest BCUT2D eigenvalue weighted by atomic mass is 32.2. The van der Waals surface area contributed by atoms with Crippen LogP contribution in [0.4, 0.5) is 0 Å². The number of rotatable bonds is 8. The summed E-state index contributed by atoms with van der Waals surface area (Å²) in [4.78, 5) is 29.1. The summed E-state index contributed by atoms with van der Waals surface area (Å²) in [6.07, 6.45) is 3.24. The number of nitrogens with one attached hydrogen (secondary N) is 2. The number of likely N-dealkylation sites (tertiary alicyclic amines) is 1. The molecule has 1 aromatic heterocycles. The van der Waals surface area contributed by atoms with Crippen LogP contribution in [0.5, 0.6) is 11.5 Å². The number of methoxy groups -OCH3 is 2. The van der Waals surface area contributed by atoms with Gasteiger partial charge in [0.1, 0.15) is 0 Å². The summed E-state index contributed by atoms with van der Waals surface area (Å²) in [5.41, 5.74) is 0.0821. The standard InChI is InChI=1S/C24H30N4O6S/c1-27-23(29)18-14-17(8-9-19(18)26-24(27)30)35(31,32)25-15-20(28-11-5-4-6-12-28)16-7-10-21(33-2)22(13-16)34-3/h7-10,13-14,20,25H,4-6,11-12,15H2,1-3H3,(H,26,30)/t20-/m0/s1. The third-order valence-corrected chi connectivity index (χ3v) is 7.89. The second kappa shape index (κ2) is 10.2. The van der Waals surface area contributed by atoms with Gasteiger partial charge in [-0.15, -0.1) is 0 Å². The number of nitrogens with zero attached hydrogens (tertiary/aromatic N) is 2. The molecule has 1 saturated heterocycles. The van der Waals surface area contributed by atoms with E-state index in [1.165, 1.54) is 25.2 Å². The smallest absolute Gasteiger partial charge is 0.328 e. The lowest BCUT2D eigenvalue weighted by Crippen LogP contribution is -2.40. The number of benzene rings is 2. The number of sulfonamides is 1. The van der Waals surface area contributed by atoms with Crippen LogP contribution in [-0.2, 0) is 17.1 Å². The maximum Gasteiger partial charge on any atom is 0.328 e. The number of fused-ring (bicyclic) bond motifs is 1. The van der Waals surface area contributed by atoms with Crippen molar-refractivity contribution in [1.29, 1.82) is 0 Å². The molecule has 1 atom stereocenters. The highest BCUT2D eigenvalue weighted by Gasteiger charge is 2.26. The summed E-state index contributed by atoms with van der Waals surface area (Å²) in [6, 6.07) is 9.51. The molecule has 0 aliphatic carbocycles. The van der Waals surface area contributed by atoms with Crippen LogP contribution in [0.15, 0.2) is 50.9 Å². The number of H-pyrrole nitrogens is 1. The Bertz CT molecular complexity index is 1440. The lowest BCUT2D eigenvalue weighted by Gasteiger charge is -2.35. The second-order valence-electron chi connectivity index (χ2n) is 8.58. The average Bonchev–Trinajstić information content (AvgIpc) is 2.87. The Morgan fingerprint density at radius 3 is 2.40 bits per heavy atom. The Labute approximate surface area is 203 Å². The minimum atomic E-state index is -3.93. The van der Waals surface area contributed by atoms with Crippen LogP contribution in [0.3, 0.4) is 0 Å². The van der Waals surface area contributed by atoms with Crippen molar-refractivity contribution in [2.24, 2.45) is 7.05 Å². The molecule has 11 heteroatoms. The zero-order chi connectivity index (χ0) is 25.2. The van der Waals surface area contributed by atoms with E-state index >= 15 is 0 Å². The van der Waals surface area contributed by atoms with E-state index in [1.54, 1.807) is 14.2 Å². The zero-order valence-electron chi connectivity index (χ0n) is 20.0. The number of ether oxygens (including phenoxy) is 2. The van der Waals surface area contributed by atoms with Gasteiger partial charge in [0.25, 0.3) is 5.56 Å². The molecular weight excluding hydrogens is 472 g/mol. The molecule has 0 unspecified atom stereocenters. The summed E-state index contributed by atoms with van der Waals surface area (Å²) < 4.78 is 40.9. The van der Waals surface area contributed by atoms with Gasteiger partial charge in [0, 0.05) is 19.6 Å². The summed E-state index contributed by atoms with van der Waals surface area (Å²) in [7, 11) is 0.542. The number of hydrogen-bond donors (Lipinski definition) is 2. The summed E-state index contributed by atoms with van der Waals surface area (Å²) in [6.45, 7) is 1.86. The van der Waals surface area contributed by atoms with Gasteiger partial charge < -0.3 is 14.5 Å². The Morgan fingerprint density at radius 2 is 1.71 bits per heavy atom. The predicted octanol–water partition coefficient (Wildman–Crippen LogP) is 1.75. The minimum absolute atomic E-state index is 0.0427. The summed E-state index contributed by atoms with van der Waals surface area (Å²) in [5, 5.41) is 0.127. The first kappa shape index (κ1) is 25.0. The van der Waals surface area contributed by atoms with Crippen LogP contribution in [0.25, 0.3) is 10.9 Å². The van der Waals surface area contributed by atoms with Crippen molar-refractivity contribution < 1.29 is 17.9 Å². The third-order valence-electron chi connectivity index (χ3n) is 6.47. The van der Waals surface area contributed by atoms with E-state index in [0.717, 1.165) is 42.5 Å². The Balaban J connectivity index is 1.65. The van der Waals surface area contributed by atoms with E-state index in [9.17, 15) is 18.0 Å². The summed E-state index contributed by atoms with van der Waals surface area (Å²) in [5.74, 6) is 1.18. The molecule has 2 N–H and O–H groups in total. The molecule has 0 spiro atoms. The van der Waals surface area contributed by atoms with Gasteiger partial charge in [-0.25, -0.2) is 17.9 Å². The molecule has 188 valence electrons. The molecule has 10 nitrogen and oxygen atoms in total. The number of piperidine rings is 1. The molecular formula is C24H30N4O6S. The number of aromatic amines is 1. The second-order valence-corrected chi connectivity index (χ2v) is 10.3. The van der Waals surface area contributed by atoms with Gasteiger partial charge in [0.2, 0.25) is 10.0 Å². The molecule has 0 saturated carbocycles. The quantitative estimate of drug-likeness (QED) is 0.481. The molecule has 35 heavy (non-hydrogen) atoms. The van der Waals surface area contributed by atoms with Crippen molar-refractivity contribution in [2.75, 3.05) is 33.9 Å². The summed E-state index contributed by atoms with van der Waals surface area (Å²) >= 11 is 0. The van der Waals surface area contributed by atoms with Crippen molar-refractivity contribution in [3.8, 4) is 11.5 Å². The topological polar surface area (TPSA) is 123 Å². The van der Waals surface area contributed by atoms with E-state index in [2.05, 4.69) is 14.6 Å². The van der Waals surface area contributed by atoms with Gasteiger partial charge in [-0.3, -0.25) is 14.3 Å². The predicted molar refractivity (Wildman–Crippen MR) is 133 cm³/mol. The maximum atomic E-state index is 13.2. The van der Waals surface area contributed by atoms with E-state index in [4.69, 9.17) is 9.47 Å². The molecule has 4 rings (SSSR count). The molecule has 1 fully saturated rings. The van der Waals surface area contributed by atoms with Crippen molar-refractivity contribution in [3.63, 3.8) is 0 Å². The van der Waals surface area contributed by atoms with Crippen molar-refractivity contribution in [1.82, 2.24) is 19.2 Å². The SMILES string of the molecule is COc1ccc([C@H](CNS(=O)(=O)c2ccc3[nH]c(=O)n(C)c(=O)c3c2)N2CCCCC2)cc1OC. The molecule has 1 aliphatic heterocycles. The fourth-order valence-electron chi connectivity index (χ4n) is 4.47. The van der Waals surface area contributed by atoms with Gasteiger partial charge in [-0.1, -0.05) is 12.5 Å². The highest BCUT2D eigenvalue weighted by molar-refractivity contribution is 7.89. The Morgan fingerprint density at radius 1 is 1.00 bits per heavy atom. The Hall–Kier alpha value is -3.15. The molecule has 0 amide bonds. The number of hydrogen-bond acceptors (Lipinski definition) is 7. The lowest BCUT2D eigenvalue weighted by atomic mass is 10.0. The maximum absolute atomic E-state index is 13.2. The number of aromatic nitrogens is 2. The molecule has 0 bridgehead atoms. The van der Waals surface area contributed by atoms with Crippen LogP contribution in [0, 0.1) is 0 Å². The van der Waals surface area contributed by atoms with Gasteiger partial charge in [0.05, 0.1) is 30.0 Å². The molecule has 2 aromatic carbocycles. The first-order valence-electron chi connectivity index (χ1n) is 11.4. The van der Waals surface area contributed by atoms with Gasteiger partial charge in [0.15, 0.2) is 11.5 Å². The van der Waals surface area contributed by atoms with Gasteiger partial charge in [-0.2, -0.15) is 0 Å². The van der Waals surface area contributed by atoms with Crippen LogP contribution in [0.1, 0.15) is 30.9 Å². The fraction of sp³-hybridized carbons (Fsp3) is 0.417. The van der Waals surface area contributed by atoms with Crippen molar-refractivity contribution in [2.45, 2.75) is 30.2 Å². The average molecular weight is 503 g/mol. The molecule has 2 heterocycles. The first-order valence-corrected chi connectivity index (χ1v) is 12.9. The molecule has 1 aliphatic rings. The first-order chi connectivity index (χ1) is 16.7. The normalized spacial score (nSPS) is 15.7. The Kier molecular flexibility index (Phi) is 7.29. The fourth-order valence-corrected chi connectivity index (χ4v) is 5.53. The molecule has 0 radical (unpaired) electrons. The molecule has 3 aromatic rings. The van der Waals surface area contributed by atoms with Gasteiger partial charge >= 0.3 is 5.69 Å².